The van der Waals surface area contributed by atoms with Gasteiger partial charge < -0.3 is 9.84 Å². The summed E-state index contributed by atoms with van der Waals surface area (Å²) in [6.07, 6.45) is 0.0163. The van der Waals surface area contributed by atoms with E-state index in [1.54, 1.807) is 0 Å². The zero-order chi connectivity index (χ0) is 12.1. The third kappa shape index (κ3) is 2.94. The van der Waals surface area contributed by atoms with Crippen LogP contribution >= 0.6 is 0 Å². The second kappa shape index (κ2) is 4.97. The van der Waals surface area contributed by atoms with Crippen molar-refractivity contribution < 1.29 is 14.6 Å². The molecule has 17 heavy (non-hydrogen) atoms. The van der Waals surface area contributed by atoms with E-state index in [1.165, 1.54) is 6.20 Å². The van der Waals surface area contributed by atoms with Gasteiger partial charge in [0.25, 0.3) is 5.88 Å². The Hall–Kier alpha value is -2.57. The molecule has 0 saturated carbocycles. The van der Waals surface area contributed by atoms with E-state index in [-0.39, 0.29) is 5.88 Å². The minimum absolute atomic E-state index is 0.134. The van der Waals surface area contributed by atoms with Crippen LogP contribution in [0.25, 0.3) is 0 Å². The van der Waals surface area contributed by atoms with Crippen LogP contribution < -0.4 is 5.53 Å². The monoisotopic (exact) mass is 234 g/mol. The fourth-order valence-electron chi connectivity index (χ4n) is 1.18. The molecule has 88 valence electrons. The van der Waals surface area contributed by atoms with Crippen LogP contribution in [0.4, 0.5) is 4.79 Å². The molecule has 1 heterocycles. The van der Waals surface area contributed by atoms with Crippen LogP contribution in [0.15, 0.2) is 52.8 Å². The summed E-state index contributed by atoms with van der Waals surface area (Å²) >= 11 is 0. The van der Waals surface area contributed by atoms with Crippen molar-refractivity contribution >= 4 is 6.09 Å². The third-order valence-corrected chi connectivity index (χ3v) is 1.98. The van der Waals surface area contributed by atoms with E-state index >= 15 is 0 Å². The van der Waals surface area contributed by atoms with Crippen molar-refractivity contribution in [2.24, 2.45) is 10.3 Å². The number of benzene rings is 1. The van der Waals surface area contributed by atoms with Gasteiger partial charge in [-0.15, -0.1) is 0 Å². The second-order valence-corrected chi connectivity index (χ2v) is 3.19. The first-order valence-corrected chi connectivity index (χ1v) is 4.83. The van der Waals surface area contributed by atoms with Gasteiger partial charge in [0, 0.05) is 0 Å². The van der Waals surface area contributed by atoms with Crippen LogP contribution in [0, 0.1) is 0 Å². The molecule has 1 aromatic rings. The van der Waals surface area contributed by atoms with Crippen molar-refractivity contribution in [1.29, 1.82) is 0 Å². The quantitative estimate of drug-likeness (QED) is 0.835. The summed E-state index contributed by atoms with van der Waals surface area (Å²) in [5.41, 5.74) is 3.14. The molecule has 0 unspecified atom stereocenters. The molecule has 2 rings (SSSR count). The predicted molar refractivity (Wildman–Crippen MR) is 57.2 cm³/mol. The SMILES string of the molecule is O=C(O)N1C=C(OCc2ccccc2)N=NN1. The van der Waals surface area contributed by atoms with Crippen LogP contribution in [0.1, 0.15) is 5.56 Å². The molecule has 0 spiro atoms. The molecular weight excluding hydrogens is 224 g/mol. The summed E-state index contributed by atoms with van der Waals surface area (Å²) in [5, 5.41) is 16.5. The maximum Gasteiger partial charge on any atom is 0.431 e. The van der Waals surface area contributed by atoms with Gasteiger partial charge in [0.05, 0.1) is 6.20 Å². The Bertz CT molecular complexity index is 458. The van der Waals surface area contributed by atoms with E-state index in [2.05, 4.69) is 15.9 Å². The number of carboxylic acid groups (broad SMARTS) is 1. The molecule has 1 aromatic carbocycles. The Morgan fingerprint density at radius 1 is 1.41 bits per heavy atom. The van der Waals surface area contributed by atoms with Crippen LogP contribution in [0.5, 0.6) is 0 Å². The first kappa shape index (κ1) is 10.9. The number of ether oxygens (including phenoxy) is 1. The minimum atomic E-state index is -1.19. The molecule has 1 amide bonds. The van der Waals surface area contributed by atoms with Gasteiger partial charge in [-0.2, -0.15) is 10.5 Å². The summed E-state index contributed by atoms with van der Waals surface area (Å²) in [6.45, 7) is 0.305. The lowest BCUT2D eigenvalue weighted by molar-refractivity contribution is 0.124. The zero-order valence-corrected chi connectivity index (χ0v) is 8.78. The van der Waals surface area contributed by atoms with E-state index in [1.807, 2.05) is 30.3 Å². The summed E-state index contributed by atoms with van der Waals surface area (Å²) in [7, 11) is 0. The highest BCUT2D eigenvalue weighted by molar-refractivity contribution is 5.65. The predicted octanol–water partition coefficient (Wildman–Crippen LogP) is 1.87. The fraction of sp³-hybridized carbons (Fsp3) is 0.100. The zero-order valence-electron chi connectivity index (χ0n) is 8.78. The molecular formula is C10H10N4O3. The molecule has 2 N–H and O–H groups in total. The maximum absolute atomic E-state index is 10.6. The van der Waals surface area contributed by atoms with Gasteiger partial charge in [-0.25, -0.2) is 4.79 Å². The first-order valence-electron chi connectivity index (χ1n) is 4.83. The average Bonchev–Trinajstić information content (AvgIpc) is 2.38. The number of nitrogens with one attached hydrogen (secondary N) is 1. The Morgan fingerprint density at radius 2 is 2.18 bits per heavy atom. The number of hydrogen-bond donors (Lipinski definition) is 2. The standard InChI is InChI=1S/C10H10N4O3/c15-10(16)14-6-9(11-12-13-14)17-7-8-4-2-1-3-5-8/h1-6H,7H2,(H,11,13)(H,15,16). The molecule has 0 bridgehead atoms. The molecule has 0 aliphatic carbocycles. The molecule has 0 radical (unpaired) electrons. The molecule has 1 aliphatic heterocycles. The van der Waals surface area contributed by atoms with E-state index in [9.17, 15) is 4.79 Å². The van der Waals surface area contributed by atoms with Gasteiger partial charge in [-0.3, -0.25) is 0 Å². The van der Waals surface area contributed by atoms with Gasteiger partial charge in [-0.05, 0) is 10.8 Å². The summed E-state index contributed by atoms with van der Waals surface area (Å²) in [4.78, 5) is 10.6. The molecule has 0 saturated heterocycles. The molecule has 7 heteroatoms. The molecule has 0 aromatic heterocycles. The average molecular weight is 234 g/mol. The second-order valence-electron chi connectivity index (χ2n) is 3.19. The Balaban J connectivity index is 1.95. The van der Waals surface area contributed by atoms with E-state index in [0.29, 0.717) is 6.61 Å². The van der Waals surface area contributed by atoms with Crippen molar-refractivity contribution in [3.63, 3.8) is 0 Å². The highest BCUT2D eigenvalue weighted by atomic mass is 16.5. The minimum Gasteiger partial charge on any atom is -0.471 e. The molecule has 1 aliphatic rings. The van der Waals surface area contributed by atoms with Gasteiger partial charge in [-0.1, -0.05) is 35.4 Å². The third-order valence-electron chi connectivity index (χ3n) is 1.98. The summed E-state index contributed by atoms with van der Waals surface area (Å²) < 4.78 is 5.31. The number of carbonyl (C=O) groups is 1. The lowest BCUT2D eigenvalue weighted by Gasteiger charge is -2.16. The Morgan fingerprint density at radius 3 is 2.88 bits per heavy atom. The number of amides is 1. The van der Waals surface area contributed by atoms with Crippen molar-refractivity contribution in [2.45, 2.75) is 6.61 Å². The van der Waals surface area contributed by atoms with Gasteiger partial charge in [0.15, 0.2) is 0 Å². The largest absolute Gasteiger partial charge is 0.471 e. The first-order chi connectivity index (χ1) is 8.25. The molecule has 0 atom stereocenters. The number of rotatable bonds is 3. The van der Waals surface area contributed by atoms with Crippen LogP contribution in [-0.4, -0.2) is 16.2 Å². The Labute approximate surface area is 97.0 Å². The summed E-state index contributed by atoms with van der Waals surface area (Å²) in [5.74, 6) is 0.134. The van der Waals surface area contributed by atoms with Gasteiger partial charge in [0.2, 0.25) is 0 Å². The highest BCUT2D eigenvalue weighted by Gasteiger charge is 2.14. The highest BCUT2D eigenvalue weighted by Crippen LogP contribution is 2.10. The van der Waals surface area contributed by atoms with E-state index in [0.717, 1.165) is 10.6 Å². The van der Waals surface area contributed by atoms with E-state index in [4.69, 9.17) is 9.84 Å². The molecule has 0 fully saturated rings. The van der Waals surface area contributed by atoms with Crippen molar-refractivity contribution in [1.82, 2.24) is 10.5 Å². The van der Waals surface area contributed by atoms with Gasteiger partial charge >= 0.3 is 6.09 Å². The van der Waals surface area contributed by atoms with Crippen LogP contribution in [0.3, 0.4) is 0 Å². The summed E-state index contributed by atoms with van der Waals surface area (Å²) in [6, 6.07) is 9.47. The van der Waals surface area contributed by atoms with Crippen molar-refractivity contribution in [3.8, 4) is 0 Å². The normalized spacial score (nSPS) is 13.9. The van der Waals surface area contributed by atoms with Crippen molar-refractivity contribution in [2.75, 3.05) is 0 Å². The number of hydrogen-bond acceptors (Lipinski definition) is 5. The van der Waals surface area contributed by atoms with Crippen LogP contribution in [-0.2, 0) is 11.3 Å². The maximum atomic E-state index is 10.6. The van der Waals surface area contributed by atoms with Crippen molar-refractivity contribution in [3.05, 3.63) is 48.0 Å². The molecule has 7 nitrogen and oxygen atoms in total. The smallest absolute Gasteiger partial charge is 0.431 e. The lowest BCUT2D eigenvalue weighted by atomic mass is 10.2. The fourth-order valence-corrected chi connectivity index (χ4v) is 1.18. The number of hydrazine groups is 1. The Kier molecular flexibility index (Phi) is 3.20. The van der Waals surface area contributed by atoms with E-state index < -0.39 is 6.09 Å². The number of nitrogens with zero attached hydrogens (tertiary/aromatic N) is 3. The van der Waals surface area contributed by atoms with Crippen LogP contribution in [0.2, 0.25) is 0 Å². The van der Waals surface area contributed by atoms with Gasteiger partial charge in [0.1, 0.15) is 6.61 Å². The lowest BCUT2D eigenvalue weighted by Crippen LogP contribution is -2.35. The topological polar surface area (TPSA) is 86.5 Å².